The number of carbonyl (C=O) groups is 1. The van der Waals surface area contributed by atoms with Gasteiger partial charge in [0.25, 0.3) is 5.91 Å². The lowest BCUT2D eigenvalue weighted by atomic mass is 10.1. The Morgan fingerprint density at radius 2 is 1.90 bits per heavy atom. The van der Waals surface area contributed by atoms with Crippen molar-refractivity contribution in [3.63, 3.8) is 0 Å². The Morgan fingerprint density at radius 3 is 2.43 bits per heavy atom. The van der Waals surface area contributed by atoms with Gasteiger partial charge >= 0.3 is 0 Å². The largest absolute Gasteiger partial charge is 0.496 e. The Morgan fingerprint density at radius 1 is 1.24 bits per heavy atom. The smallest absolute Gasteiger partial charge is 0.251 e. The number of benzene rings is 1. The van der Waals surface area contributed by atoms with E-state index in [0.717, 1.165) is 11.1 Å². The molecule has 1 amide bonds. The van der Waals surface area contributed by atoms with Crippen LogP contribution in [0.5, 0.6) is 11.5 Å². The third kappa shape index (κ3) is 3.51. The molecule has 0 spiro atoms. The molecule has 1 heterocycles. The van der Waals surface area contributed by atoms with Gasteiger partial charge in [0, 0.05) is 30.1 Å². The van der Waals surface area contributed by atoms with E-state index in [2.05, 4.69) is 10.3 Å². The zero-order valence-corrected chi connectivity index (χ0v) is 12.3. The second kappa shape index (κ2) is 6.74. The molecule has 0 bridgehead atoms. The molecule has 110 valence electrons. The number of rotatable bonds is 5. The lowest BCUT2D eigenvalue weighted by Gasteiger charge is -2.12. The summed E-state index contributed by atoms with van der Waals surface area (Å²) >= 11 is 0. The first-order chi connectivity index (χ1) is 10.2. The molecule has 1 N–H and O–H groups in total. The Hall–Kier alpha value is -2.56. The number of aromatic nitrogens is 1. The molecule has 0 fully saturated rings. The molecule has 0 saturated carbocycles. The van der Waals surface area contributed by atoms with Crippen LogP contribution in [-0.4, -0.2) is 25.1 Å². The SMILES string of the molecule is COc1cc(C(=O)NCc2cccnc2)cc(OC)c1C. The van der Waals surface area contributed by atoms with Crippen LogP contribution < -0.4 is 14.8 Å². The van der Waals surface area contributed by atoms with Gasteiger partial charge in [0.05, 0.1) is 14.2 Å². The summed E-state index contributed by atoms with van der Waals surface area (Å²) in [7, 11) is 3.14. The Labute approximate surface area is 123 Å². The van der Waals surface area contributed by atoms with E-state index in [1.165, 1.54) is 0 Å². The van der Waals surface area contributed by atoms with E-state index in [1.807, 2.05) is 19.1 Å². The molecule has 0 aliphatic carbocycles. The Bertz CT molecular complexity index is 602. The first-order valence-corrected chi connectivity index (χ1v) is 6.55. The number of amides is 1. The summed E-state index contributed by atoms with van der Waals surface area (Å²) in [4.78, 5) is 16.2. The molecule has 21 heavy (non-hydrogen) atoms. The number of ether oxygens (including phenoxy) is 2. The van der Waals surface area contributed by atoms with Crippen molar-refractivity contribution in [2.75, 3.05) is 14.2 Å². The van der Waals surface area contributed by atoms with Gasteiger partial charge in [-0.15, -0.1) is 0 Å². The van der Waals surface area contributed by atoms with E-state index >= 15 is 0 Å². The van der Waals surface area contributed by atoms with Crippen LogP contribution in [0.15, 0.2) is 36.7 Å². The topological polar surface area (TPSA) is 60.5 Å². The zero-order chi connectivity index (χ0) is 15.2. The van der Waals surface area contributed by atoms with Crippen LogP contribution in [0.3, 0.4) is 0 Å². The highest BCUT2D eigenvalue weighted by atomic mass is 16.5. The molecular weight excluding hydrogens is 268 g/mol. The van der Waals surface area contributed by atoms with E-state index in [4.69, 9.17) is 9.47 Å². The summed E-state index contributed by atoms with van der Waals surface area (Å²) in [5, 5.41) is 2.85. The summed E-state index contributed by atoms with van der Waals surface area (Å²) in [6.45, 7) is 2.31. The van der Waals surface area contributed by atoms with Crippen LogP contribution in [0, 0.1) is 6.92 Å². The van der Waals surface area contributed by atoms with Gasteiger partial charge in [-0.3, -0.25) is 9.78 Å². The lowest BCUT2D eigenvalue weighted by Crippen LogP contribution is -2.23. The molecule has 0 aliphatic heterocycles. The van der Waals surface area contributed by atoms with Gasteiger partial charge in [-0.2, -0.15) is 0 Å². The summed E-state index contributed by atoms with van der Waals surface area (Å²) in [6, 6.07) is 7.15. The van der Waals surface area contributed by atoms with Crippen LogP contribution >= 0.6 is 0 Å². The van der Waals surface area contributed by atoms with Crippen molar-refractivity contribution >= 4 is 5.91 Å². The molecular formula is C16H18N2O3. The first kappa shape index (κ1) is 14.8. The molecule has 0 saturated heterocycles. The van der Waals surface area contributed by atoms with Gasteiger partial charge in [-0.05, 0) is 30.7 Å². The second-order valence-electron chi connectivity index (χ2n) is 4.55. The van der Waals surface area contributed by atoms with Gasteiger partial charge in [0.1, 0.15) is 11.5 Å². The van der Waals surface area contributed by atoms with E-state index in [1.54, 1.807) is 38.7 Å². The minimum absolute atomic E-state index is 0.185. The van der Waals surface area contributed by atoms with Crippen LogP contribution in [-0.2, 0) is 6.54 Å². The second-order valence-corrected chi connectivity index (χ2v) is 4.55. The van der Waals surface area contributed by atoms with Crippen molar-refractivity contribution in [1.82, 2.24) is 10.3 Å². The molecule has 2 rings (SSSR count). The number of methoxy groups -OCH3 is 2. The average molecular weight is 286 g/mol. The molecule has 1 aromatic carbocycles. The monoisotopic (exact) mass is 286 g/mol. The fraction of sp³-hybridized carbons (Fsp3) is 0.250. The highest BCUT2D eigenvalue weighted by molar-refractivity contribution is 5.95. The van der Waals surface area contributed by atoms with Crippen molar-refractivity contribution in [2.45, 2.75) is 13.5 Å². The summed E-state index contributed by atoms with van der Waals surface area (Å²) < 4.78 is 10.5. The number of nitrogens with one attached hydrogen (secondary N) is 1. The van der Waals surface area contributed by atoms with Crippen LogP contribution in [0.1, 0.15) is 21.5 Å². The van der Waals surface area contributed by atoms with Gasteiger partial charge in [-0.1, -0.05) is 6.07 Å². The van der Waals surface area contributed by atoms with Crippen molar-refractivity contribution in [2.24, 2.45) is 0 Å². The van der Waals surface area contributed by atoms with Gasteiger partial charge in [0.2, 0.25) is 0 Å². The Balaban J connectivity index is 2.15. The van der Waals surface area contributed by atoms with Crippen LogP contribution in [0.25, 0.3) is 0 Å². The van der Waals surface area contributed by atoms with Gasteiger partial charge in [-0.25, -0.2) is 0 Å². The molecule has 5 heteroatoms. The molecule has 0 radical (unpaired) electrons. The standard InChI is InChI=1S/C16H18N2O3/c1-11-14(20-2)7-13(8-15(11)21-3)16(19)18-10-12-5-4-6-17-9-12/h4-9H,10H2,1-3H3,(H,18,19). The number of hydrogen-bond acceptors (Lipinski definition) is 4. The van der Waals surface area contributed by atoms with Gasteiger partial charge in [0.15, 0.2) is 0 Å². The maximum atomic E-state index is 12.2. The first-order valence-electron chi connectivity index (χ1n) is 6.55. The van der Waals surface area contributed by atoms with E-state index in [0.29, 0.717) is 23.6 Å². The van der Waals surface area contributed by atoms with E-state index in [9.17, 15) is 4.79 Å². The van der Waals surface area contributed by atoms with Crippen LogP contribution in [0.2, 0.25) is 0 Å². The normalized spacial score (nSPS) is 10.0. The van der Waals surface area contributed by atoms with Crippen molar-refractivity contribution in [3.8, 4) is 11.5 Å². The molecule has 0 unspecified atom stereocenters. The summed E-state index contributed by atoms with van der Waals surface area (Å²) in [5.41, 5.74) is 2.30. The highest BCUT2D eigenvalue weighted by Crippen LogP contribution is 2.29. The number of carbonyl (C=O) groups excluding carboxylic acids is 1. The predicted molar refractivity (Wildman–Crippen MR) is 79.7 cm³/mol. The van der Waals surface area contributed by atoms with Crippen molar-refractivity contribution < 1.29 is 14.3 Å². The molecule has 0 atom stereocenters. The number of pyridine rings is 1. The van der Waals surface area contributed by atoms with Gasteiger partial charge < -0.3 is 14.8 Å². The number of hydrogen-bond donors (Lipinski definition) is 1. The van der Waals surface area contributed by atoms with Crippen molar-refractivity contribution in [3.05, 3.63) is 53.3 Å². The minimum atomic E-state index is -0.185. The third-order valence-corrected chi connectivity index (χ3v) is 3.19. The van der Waals surface area contributed by atoms with Crippen molar-refractivity contribution in [1.29, 1.82) is 0 Å². The van der Waals surface area contributed by atoms with Crippen LogP contribution in [0.4, 0.5) is 0 Å². The highest BCUT2D eigenvalue weighted by Gasteiger charge is 2.13. The number of nitrogens with zero attached hydrogens (tertiary/aromatic N) is 1. The fourth-order valence-corrected chi connectivity index (χ4v) is 2.00. The fourth-order valence-electron chi connectivity index (χ4n) is 2.00. The molecule has 5 nitrogen and oxygen atoms in total. The maximum absolute atomic E-state index is 12.2. The summed E-state index contributed by atoms with van der Waals surface area (Å²) in [6.07, 6.45) is 3.41. The predicted octanol–water partition coefficient (Wildman–Crippen LogP) is 2.34. The molecule has 1 aromatic heterocycles. The average Bonchev–Trinajstić information content (AvgIpc) is 2.53. The third-order valence-electron chi connectivity index (χ3n) is 3.19. The summed E-state index contributed by atoms with van der Waals surface area (Å²) in [5.74, 6) is 1.07. The maximum Gasteiger partial charge on any atom is 0.251 e. The quantitative estimate of drug-likeness (QED) is 0.916. The Kier molecular flexibility index (Phi) is 4.77. The lowest BCUT2D eigenvalue weighted by molar-refractivity contribution is 0.0950. The molecule has 2 aromatic rings. The minimum Gasteiger partial charge on any atom is -0.496 e. The zero-order valence-electron chi connectivity index (χ0n) is 12.3. The van der Waals surface area contributed by atoms with E-state index in [-0.39, 0.29) is 5.91 Å². The molecule has 0 aliphatic rings. The van der Waals surface area contributed by atoms with E-state index < -0.39 is 0 Å².